The molecule has 0 spiro atoms. The van der Waals surface area contributed by atoms with Crippen molar-refractivity contribution in [2.75, 3.05) is 12.1 Å². The molecular weight excluding hydrogens is 299 g/mol. The van der Waals surface area contributed by atoms with Gasteiger partial charge in [-0.1, -0.05) is 11.6 Å². The van der Waals surface area contributed by atoms with E-state index < -0.39 is 24.6 Å². The lowest BCUT2D eigenvalue weighted by molar-refractivity contribution is -0.00783. The molecule has 0 aromatic heterocycles. The van der Waals surface area contributed by atoms with Gasteiger partial charge in [0, 0.05) is 6.07 Å². The van der Waals surface area contributed by atoms with Crippen molar-refractivity contribution in [3.8, 4) is 5.75 Å². The molecule has 1 unspecified atom stereocenters. The number of hydrazine groups is 1. The summed E-state index contributed by atoms with van der Waals surface area (Å²) in [7, 11) is 1.32. The van der Waals surface area contributed by atoms with E-state index in [0.29, 0.717) is 9.91 Å². The van der Waals surface area contributed by atoms with Crippen molar-refractivity contribution in [2.24, 2.45) is 0 Å². The van der Waals surface area contributed by atoms with Crippen molar-refractivity contribution >= 4 is 23.3 Å². The zero-order valence-corrected chi connectivity index (χ0v) is 11.3. The van der Waals surface area contributed by atoms with Crippen LogP contribution in [-0.4, -0.2) is 30.8 Å². The number of ether oxygens (including phenoxy) is 1. The summed E-state index contributed by atoms with van der Waals surface area (Å²) >= 11 is 5.73. The summed E-state index contributed by atoms with van der Waals surface area (Å²) < 4.78 is 44.3. The first-order valence-corrected chi connectivity index (χ1v) is 5.94. The molecule has 9 heteroatoms. The van der Waals surface area contributed by atoms with Crippen LogP contribution in [0.5, 0.6) is 5.75 Å². The molecular formula is C11H11ClF3N3O2. The van der Waals surface area contributed by atoms with Crippen LogP contribution in [-0.2, 0) is 0 Å². The monoisotopic (exact) mass is 309 g/mol. The smallest absolute Gasteiger partial charge is 0.344 e. The highest BCUT2D eigenvalue weighted by molar-refractivity contribution is 6.32. The Kier molecular flexibility index (Phi) is 3.96. The van der Waals surface area contributed by atoms with Crippen molar-refractivity contribution in [1.29, 1.82) is 0 Å². The zero-order valence-electron chi connectivity index (χ0n) is 10.5. The van der Waals surface area contributed by atoms with Gasteiger partial charge in [0.2, 0.25) is 0 Å². The van der Waals surface area contributed by atoms with Crippen LogP contribution in [0.1, 0.15) is 6.92 Å². The summed E-state index contributed by atoms with van der Waals surface area (Å²) in [5.41, 5.74) is 2.21. The van der Waals surface area contributed by atoms with E-state index in [4.69, 9.17) is 16.3 Å². The van der Waals surface area contributed by atoms with E-state index in [9.17, 15) is 18.0 Å². The predicted molar refractivity (Wildman–Crippen MR) is 66.3 cm³/mol. The molecule has 1 aliphatic heterocycles. The molecule has 1 aliphatic rings. The van der Waals surface area contributed by atoms with Crippen LogP contribution < -0.4 is 15.2 Å². The number of benzene rings is 1. The minimum Gasteiger partial charge on any atom is -0.495 e. The highest BCUT2D eigenvalue weighted by Gasteiger charge is 2.41. The van der Waals surface area contributed by atoms with Gasteiger partial charge >= 0.3 is 12.6 Å². The molecule has 5 nitrogen and oxygen atoms in total. The average molecular weight is 310 g/mol. The number of carbonyl (C=O) groups is 1. The molecule has 0 bridgehead atoms. The van der Waals surface area contributed by atoms with Gasteiger partial charge in [-0.3, -0.25) is 0 Å². The topological polar surface area (TPSA) is 44.8 Å². The lowest BCUT2D eigenvalue weighted by atomic mass is 10.2. The molecule has 20 heavy (non-hydrogen) atoms. The maximum Gasteiger partial charge on any atom is 0.344 e. The Labute approximate surface area is 117 Å². The maximum absolute atomic E-state index is 13.9. The van der Waals surface area contributed by atoms with Gasteiger partial charge in [0.1, 0.15) is 23.4 Å². The maximum atomic E-state index is 13.9. The fraction of sp³-hybridized carbons (Fsp3) is 0.364. The van der Waals surface area contributed by atoms with Gasteiger partial charge in [-0.25, -0.2) is 24.5 Å². The Morgan fingerprint density at radius 3 is 2.60 bits per heavy atom. The lowest BCUT2D eigenvalue weighted by Gasteiger charge is -2.18. The SMILES string of the molecule is COc1cc(N2NC(C)N(C(F)F)C2=O)c(F)cc1Cl. The Balaban J connectivity index is 2.40. The van der Waals surface area contributed by atoms with Gasteiger partial charge in [-0.2, -0.15) is 8.78 Å². The van der Waals surface area contributed by atoms with Gasteiger partial charge in [-0.05, 0) is 13.0 Å². The van der Waals surface area contributed by atoms with E-state index in [0.717, 1.165) is 12.1 Å². The number of nitrogens with one attached hydrogen (secondary N) is 1. The molecule has 0 aliphatic carbocycles. The second-order valence-corrected chi connectivity index (χ2v) is 4.45. The van der Waals surface area contributed by atoms with E-state index in [2.05, 4.69) is 5.43 Å². The van der Waals surface area contributed by atoms with Crippen LogP contribution in [0.3, 0.4) is 0 Å². The van der Waals surface area contributed by atoms with Crippen LogP contribution in [0, 0.1) is 5.82 Å². The lowest BCUT2D eigenvalue weighted by Crippen LogP contribution is -2.38. The Morgan fingerprint density at radius 1 is 1.45 bits per heavy atom. The molecule has 1 atom stereocenters. The molecule has 2 amide bonds. The van der Waals surface area contributed by atoms with Crippen LogP contribution in [0.25, 0.3) is 0 Å². The first-order chi connectivity index (χ1) is 9.36. The number of amides is 2. The quantitative estimate of drug-likeness (QED) is 0.873. The highest BCUT2D eigenvalue weighted by atomic mass is 35.5. The molecule has 1 aromatic carbocycles. The van der Waals surface area contributed by atoms with Gasteiger partial charge in [0.25, 0.3) is 0 Å². The Morgan fingerprint density at radius 2 is 2.10 bits per heavy atom. The summed E-state index contributed by atoms with van der Waals surface area (Å²) in [6, 6.07) is 1.04. The van der Waals surface area contributed by atoms with Crippen LogP contribution in [0.4, 0.5) is 23.7 Å². The number of alkyl halides is 2. The standard InChI is InChI=1S/C11H11ClF3N3O2/c1-5-16-18(11(19)17(5)10(14)15)8-4-9(20-2)6(12)3-7(8)13/h3-5,10,16H,1-2H3. The molecule has 0 radical (unpaired) electrons. The number of hydrogen-bond acceptors (Lipinski definition) is 3. The third kappa shape index (κ3) is 2.36. The Bertz CT molecular complexity index is 544. The average Bonchev–Trinajstić information content (AvgIpc) is 2.65. The number of carbonyl (C=O) groups excluding carboxylic acids is 1. The predicted octanol–water partition coefficient (Wildman–Crippen LogP) is 2.80. The van der Waals surface area contributed by atoms with Gasteiger partial charge in [-0.15, -0.1) is 0 Å². The third-order valence-corrected chi connectivity index (χ3v) is 3.11. The number of hydrogen-bond donors (Lipinski definition) is 1. The fourth-order valence-corrected chi connectivity index (χ4v) is 2.08. The van der Waals surface area contributed by atoms with Gasteiger partial charge in [0.05, 0.1) is 12.1 Å². The van der Waals surface area contributed by atoms with E-state index in [1.807, 2.05) is 0 Å². The summed E-state index contributed by atoms with van der Waals surface area (Å²) in [5, 5.41) is 0.713. The molecule has 2 rings (SSSR count). The summed E-state index contributed by atoms with van der Waals surface area (Å²) in [6.07, 6.45) is -0.969. The summed E-state index contributed by atoms with van der Waals surface area (Å²) in [5.74, 6) is -0.708. The highest BCUT2D eigenvalue weighted by Crippen LogP contribution is 2.33. The molecule has 110 valence electrons. The largest absolute Gasteiger partial charge is 0.495 e. The molecule has 1 saturated heterocycles. The number of anilines is 1. The minimum absolute atomic E-state index is 0.0131. The van der Waals surface area contributed by atoms with Crippen molar-refractivity contribution in [3.05, 3.63) is 23.0 Å². The number of methoxy groups -OCH3 is 1. The van der Waals surface area contributed by atoms with E-state index in [1.54, 1.807) is 0 Å². The van der Waals surface area contributed by atoms with E-state index in [-0.39, 0.29) is 16.5 Å². The molecule has 1 fully saturated rings. The second-order valence-electron chi connectivity index (χ2n) is 4.05. The van der Waals surface area contributed by atoms with Crippen molar-refractivity contribution in [2.45, 2.75) is 19.6 Å². The number of rotatable bonds is 3. The number of urea groups is 1. The molecule has 1 heterocycles. The molecule has 1 N–H and O–H groups in total. The Hall–Kier alpha value is -1.67. The van der Waals surface area contributed by atoms with Crippen LogP contribution in [0.2, 0.25) is 5.02 Å². The minimum atomic E-state index is -2.99. The van der Waals surface area contributed by atoms with E-state index >= 15 is 0 Å². The van der Waals surface area contributed by atoms with Crippen molar-refractivity contribution in [1.82, 2.24) is 10.3 Å². The van der Waals surface area contributed by atoms with E-state index in [1.165, 1.54) is 14.0 Å². The third-order valence-electron chi connectivity index (χ3n) is 2.82. The number of halogens is 4. The molecule has 1 aromatic rings. The normalized spacial score (nSPS) is 19.1. The van der Waals surface area contributed by atoms with Crippen LogP contribution in [0.15, 0.2) is 12.1 Å². The first kappa shape index (κ1) is 14.7. The summed E-state index contributed by atoms with van der Waals surface area (Å²) in [4.78, 5) is 12.2. The summed E-state index contributed by atoms with van der Waals surface area (Å²) in [6.45, 7) is -1.64. The first-order valence-electron chi connectivity index (χ1n) is 5.56. The fourth-order valence-electron chi connectivity index (χ4n) is 1.86. The van der Waals surface area contributed by atoms with Gasteiger partial charge < -0.3 is 4.74 Å². The number of nitrogens with zero attached hydrogens (tertiary/aromatic N) is 2. The van der Waals surface area contributed by atoms with Crippen molar-refractivity contribution in [3.63, 3.8) is 0 Å². The second kappa shape index (κ2) is 5.37. The zero-order chi connectivity index (χ0) is 15.0. The van der Waals surface area contributed by atoms with Gasteiger partial charge in [0.15, 0.2) is 0 Å². The molecule has 0 saturated carbocycles. The van der Waals surface area contributed by atoms with Crippen LogP contribution >= 0.6 is 11.6 Å². The van der Waals surface area contributed by atoms with Crippen molar-refractivity contribution < 1.29 is 22.7 Å².